The molecule has 1 saturated heterocycles. The Hall–Kier alpha value is -1.50. The number of ether oxygens (including phenoxy) is 2. The number of halogens is 2. The van der Waals surface area contributed by atoms with Crippen LogP contribution in [0.1, 0.15) is 6.42 Å². The maximum absolute atomic E-state index is 12.8. The number of nitrogens with zero attached hydrogens (tertiary/aromatic N) is 1. The zero-order valence-corrected chi connectivity index (χ0v) is 9.99. The number of hydrogen-bond acceptors (Lipinski definition) is 4. The van der Waals surface area contributed by atoms with Gasteiger partial charge in [-0.05, 0) is 12.1 Å². The molecule has 7 heteroatoms. The Morgan fingerprint density at radius 2 is 2.06 bits per heavy atom. The summed E-state index contributed by atoms with van der Waals surface area (Å²) in [4.78, 5) is 13.2. The molecule has 1 fully saturated rings. The van der Waals surface area contributed by atoms with Crippen molar-refractivity contribution in [1.82, 2.24) is 0 Å². The molecule has 1 unspecified atom stereocenters. The van der Waals surface area contributed by atoms with Gasteiger partial charge in [-0.3, -0.25) is 4.79 Å². The summed E-state index contributed by atoms with van der Waals surface area (Å²) in [5.74, 6) is -0.175. The maximum Gasteiger partial charge on any atom is 0.586 e. The Morgan fingerprint density at radius 1 is 1.33 bits per heavy atom. The van der Waals surface area contributed by atoms with Crippen molar-refractivity contribution in [1.29, 1.82) is 0 Å². The molecule has 96 valence electrons. The van der Waals surface area contributed by atoms with E-state index < -0.39 is 6.29 Å². The number of rotatable bonds is 1. The van der Waals surface area contributed by atoms with Crippen LogP contribution in [-0.4, -0.2) is 24.0 Å². The lowest BCUT2D eigenvalue weighted by Gasteiger charge is -2.16. The SMILES string of the molecule is O=C1CC(S)CN1c1ccc2c(c1)OC(F)(F)O2. The van der Waals surface area contributed by atoms with E-state index >= 15 is 0 Å². The second kappa shape index (κ2) is 3.74. The minimum atomic E-state index is -3.64. The van der Waals surface area contributed by atoms with Crippen LogP contribution >= 0.6 is 12.6 Å². The molecule has 2 aliphatic heterocycles. The number of fused-ring (bicyclic) bond motifs is 1. The van der Waals surface area contributed by atoms with Crippen molar-refractivity contribution in [3.63, 3.8) is 0 Å². The highest BCUT2D eigenvalue weighted by atomic mass is 32.1. The summed E-state index contributed by atoms with van der Waals surface area (Å²) in [5, 5.41) is -0.0376. The fourth-order valence-corrected chi connectivity index (χ4v) is 2.36. The van der Waals surface area contributed by atoms with E-state index in [-0.39, 0.29) is 22.7 Å². The third kappa shape index (κ3) is 1.88. The highest BCUT2D eigenvalue weighted by molar-refractivity contribution is 7.81. The van der Waals surface area contributed by atoms with Gasteiger partial charge in [-0.15, -0.1) is 8.78 Å². The number of carbonyl (C=O) groups is 1. The number of alkyl halides is 2. The summed E-state index contributed by atoms with van der Waals surface area (Å²) >= 11 is 4.23. The molecule has 0 saturated carbocycles. The number of carbonyl (C=O) groups excluding carboxylic acids is 1. The monoisotopic (exact) mass is 273 g/mol. The Bertz CT molecular complexity index is 523. The second-order valence-corrected chi connectivity index (χ2v) is 4.89. The molecular weight excluding hydrogens is 264 g/mol. The Kier molecular flexibility index (Phi) is 2.41. The third-order valence-corrected chi connectivity index (χ3v) is 3.15. The fraction of sp³-hybridized carbons (Fsp3) is 0.364. The lowest BCUT2D eigenvalue weighted by molar-refractivity contribution is -0.286. The highest BCUT2D eigenvalue weighted by Crippen LogP contribution is 2.43. The zero-order valence-electron chi connectivity index (χ0n) is 9.10. The van der Waals surface area contributed by atoms with Gasteiger partial charge in [0.25, 0.3) is 0 Å². The third-order valence-electron chi connectivity index (χ3n) is 2.80. The largest absolute Gasteiger partial charge is 0.586 e. The van der Waals surface area contributed by atoms with Crippen molar-refractivity contribution in [2.75, 3.05) is 11.4 Å². The minimum absolute atomic E-state index is 0.0298. The smallest absolute Gasteiger partial charge is 0.395 e. The topological polar surface area (TPSA) is 38.8 Å². The molecule has 2 heterocycles. The van der Waals surface area contributed by atoms with E-state index in [4.69, 9.17) is 0 Å². The summed E-state index contributed by atoms with van der Waals surface area (Å²) in [5.41, 5.74) is 0.511. The van der Waals surface area contributed by atoms with Crippen molar-refractivity contribution in [3.8, 4) is 11.5 Å². The number of benzene rings is 1. The average Bonchev–Trinajstić information content (AvgIpc) is 2.74. The van der Waals surface area contributed by atoms with E-state index in [0.29, 0.717) is 18.7 Å². The molecule has 0 radical (unpaired) electrons. The Labute approximate surface area is 107 Å². The van der Waals surface area contributed by atoms with E-state index in [0.717, 1.165) is 0 Å². The van der Waals surface area contributed by atoms with Gasteiger partial charge in [0.2, 0.25) is 5.91 Å². The molecule has 2 aliphatic rings. The van der Waals surface area contributed by atoms with Crippen LogP contribution in [-0.2, 0) is 4.79 Å². The average molecular weight is 273 g/mol. The van der Waals surface area contributed by atoms with Gasteiger partial charge in [-0.2, -0.15) is 12.6 Å². The summed E-state index contributed by atoms with van der Waals surface area (Å²) < 4.78 is 34.3. The first-order valence-electron chi connectivity index (χ1n) is 5.33. The minimum Gasteiger partial charge on any atom is -0.395 e. The molecule has 1 amide bonds. The van der Waals surface area contributed by atoms with Gasteiger partial charge < -0.3 is 14.4 Å². The van der Waals surface area contributed by atoms with Crippen LogP contribution in [0.3, 0.4) is 0 Å². The number of amides is 1. The summed E-state index contributed by atoms with van der Waals surface area (Å²) in [7, 11) is 0. The van der Waals surface area contributed by atoms with Crippen LogP contribution in [0.4, 0.5) is 14.5 Å². The summed E-state index contributed by atoms with van der Waals surface area (Å²) in [6.07, 6.45) is -3.30. The van der Waals surface area contributed by atoms with Gasteiger partial charge in [0, 0.05) is 30.0 Å². The van der Waals surface area contributed by atoms with Crippen LogP contribution in [0.15, 0.2) is 18.2 Å². The molecule has 1 aromatic rings. The van der Waals surface area contributed by atoms with Gasteiger partial charge in [0.05, 0.1) is 0 Å². The predicted molar refractivity (Wildman–Crippen MR) is 62.4 cm³/mol. The molecule has 0 bridgehead atoms. The Balaban J connectivity index is 1.91. The van der Waals surface area contributed by atoms with E-state index in [1.807, 2.05) is 0 Å². The molecule has 0 aromatic heterocycles. The van der Waals surface area contributed by atoms with E-state index in [2.05, 4.69) is 22.1 Å². The van der Waals surface area contributed by atoms with E-state index in [1.54, 1.807) is 6.07 Å². The molecule has 4 nitrogen and oxygen atoms in total. The number of hydrogen-bond donors (Lipinski definition) is 1. The first-order chi connectivity index (χ1) is 8.44. The van der Waals surface area contributed by atoms with Gasteiger partial charge in [0.15, 0.2) is 11.5 Å². The van der Waals surface area contributed by atoms with Crippen molar-refractivity contribution in [2.24, 2.45) is 0 Å². The summed E-state index contributed by atoms with van der Waals surface area (Å²) in [6, 6.07) is 4.29. The van der Waals surface area contributed by atoms with Gasteiger partial charge in [-0.1, -0.05) is 0 Å². The molecule has 0 aliphatic carbocycles. The molecule has 1 atom stereocenters. The van der Waals surface area contributed by atoms with Crippen molar-refractivity contribution in [3.05, 3.63) is 18.2 Å². The normalized spacial score (nSPS) is 24.7. The van der Waals surface area contributed by atoms with Crippen LogP contribution in [0.5, 0.6) is 11.5 Å². The lowest BCUT2D eigenvalue weighted by Crippen LogP contribution is -2.26. The van der Waals surface area contributed by atoms with Crippen molar-refractivity contribution >= 4 is 24.2 Å². The van der Waals surface area contributed by atoms with Crippen LogP contribution in [0.25, 0.3) is 0 Å². The van der Waals surface area contributed by atoms with Crippen molar-refractivity contribution in [2.45, 2.75) is 18.0 Å². The Morgan fingerprint density at radius 3 is 2.72 bits per heavy atom. The van der Waals surface area contributed by atoms with Crippen LogP contribution in [0.2, 0.25) is 0 Å². The first kappa shape index (κ1) is 11.6. The molecule has 0 N–H and O–H groups in total. The van der Waals surface area contributed by atoms with Crippen LogP contribution < -0.4 is 14.4 Å². The molecule has 0 spiro atoms. The molecular formula is C11H9F2NO3S. The number of anilines is 1. The fourth-order valence-electron chi connectivity index (χ4n) is 2.04. The predicted octanol–water partition coefficient (Wildman–Crippen LogP) is 2.04. The van der Waals surface area contributed by atoms with Gasteiger partial charge >= 0.3 is 6.29 Å². The van der Waals surface area contributed by atoms with Crippen LogP contribution in [0, 0.1) is 0 Å². The number of thiol groups is 1. The molecule has 3 rings (SSSR count). The zero-order chi connectivity index (χ0) is 12.9. The quantitative estimate of drug-likeness (QED) is 0.796. The van der Waals surface area contributed by atoms with E-state index in [1.165, 1.54) is 17.0 Å². The van der Waals surface area contributed by atoms with Crippen molar-refractivity contribution < 1.29 is 23.0 Å². The second-order valence-electron chi connectivity index (χ2n) is 4.16. The van der Waals surface area contributed by atoms with Gasteiger partial charge in [-0.25, -0.2) is 0 Å². The lowest BCUT2D eigenvalue weighted by atomic mass is 10.2. The molecule has 1 aromatic carbocycles. The van der Waals surface area contributed by atoms with Gasteiger partial charge in [0.1, 0.15) is 0 Å². The first-order valence-corrected chi connectivity index (χ1v) is 5.84. The highest BCUT2D eigenvalue weighted by Gasteiger charge is 2.43. The van der Waals surface area contributed by atoms with E-state index in [9.17, 15) is 13.6 Å². The molecule has 18 heavy (non-hydrogen) atoms. The standard InChI is InChI=1S/C11H9F2NO3S/c12-11(13)16-8-2-1-6(3-9(8)17-11)14-5-7(18)4-10(14)15/h1-3,7,18H,4-5H2. The summed E-state index contributed by atoms with van der Waals surface area (Å²) in [6.45, 7) is 0.456. The maximum atomic E-state index is 12.8.